The maximum atomic E-state index is 9.57. The summed E-state index contributed by atoms with van der Waals surface area (Å²) in [7, 11) is -3.87. The molecule has 0 radical (unpaired) electrons. The van der Waals surface area contributed by atoms with E-state index in [4.69, 9.17) is 9.79 Å². The van der Waals surface area contributed by atoms with E-state index in [2.05, 4.69) is 15.7 Å². The van der Waals surface area contributed by atoms with Crippen molar-refractivity contribution in [1.82, 2.24) is 9.97 Å². The first kappa shape index (κ1) is 10.3. The van der Waals surface area contributed by atoms with Gasteiger partial charge in [-0.05, 0) is 0 Å². The number of hydrogen-bond acceptors (Lipinski definition) is 3. The molecule has 1 aromatic rings. The van der Waals surface area contributed by atoms with E-state index >= 15 is 0 Å². The summed E-state index contributed by atoms with van der Waals surface area (Å²) in [6.07, 6.45) is 4.52. The molecule has 0 amide bonds. The SMILES string of the molecule is NCP(=O)(O)O.c1c[nH]cn1. The van der Waals surface area contributed by atoms with E-state index in [0.717, 1.165) is 0 Å². The molecule has 0 saturated carbocycles. The minimum absolute atomic E-state index is 0.562. The number of nitrogens with two attached hydrogens (primary N) is 1. The van der Waals surface area contributed by atoms with Crippen molar-refractivity contribution in [2.75, 3.05) is 6.29 Å². The maximum Gasteiger partial charge on any atom is 0.338 e. The average molecular weight is 179 g/mol. The monoisotopic (exact) mass is 179 g/mol. The molecule has 0 saturated heterocycles. The van der Waals surface area contributed by atoms with Crippen LogP contribution in [0.2, 0.25) is 0 Å². The number of hydrogen-bond donors (Lipinski definition) is 4. The molecule has 64 valence electrons. The lowest BCUT2D eigenvalue weighted by atomic mass is 11.0. The summed E-state index contributed by atoms with van der Waals surface area (Å²) < 4.78 is 9.57. The molecule has 0 aliphatic heterocycles. The molecule has 5 N–H and O–H groups in total. The normalized spacial score (nSPS) is 10.1. The quantitative estimate of drug-likeness (QED) is 0.434. The van der Waals surface area contributed by atoms with Crippen molar-refractivity contribution in [3.05, 3.63) is 18.7 Å². The lowest BCUT2D eigenvalue weighted by molar-refractivity contribution is 0.374. The van der Waals surface area contributed by atoms with Gasteiger partial charge in [-0.15, -0.1) is 0 Å². The predicted molar refractivity (Wildman–Crippen MR) is 39.7 cm³/mol. The van der Waals surface area contributed by atoms with Crippen molar-refractivity contribution < 1.29 is 14.4 Å². The third kappa shape index (κ3) is 9.32. The van der Waals surface area contributed by atoms with Gasteiger partial charge in [0.25, 0.3) is 0 Å². The first-order valence-corrected chi connectivity index (χ1v) is 4.53. The van der Waals surface area contributed by atoms with Crippen molar-refractivity contribution in [3.8, 4) is 0 Å². The van der Waals surface area contributed by atoms with Gasteiger partial charge >= 0.3 is 7.60 Å². The lowest BCUT2D eigenvalue weighted by Gasteiger charge is -1.92. The summed E-state index contributed by atoms with van der Waals surface area (Å²) in [6, 6.07) is 0. The Labute approximate surface area is 63.6 Å². The standard InChI is InChI=1S/C3H4N2.CH6NO3P/c1-2-5-3-4-1;2-1-6(3,4)5/h1-3H,(H,4,5);1-2H2,(H2,3,4,5). The van der Waals surface area contributed by atoms with Crippen LogP contribution < -0.4 is 5.73 Å². The van der Waals surface area contributed by atoms with Crippen molar-refractivity contribution in [2.45, 2.75) is 0 Å². The Kier molecular flexibility index (Phi) is 4.72. The highest BCUT2D eigenvalue weighted by Gasteiger charge is 2.05. The van der Waals surface area contributed by atoms with Gasteiger partial charge in [-0.3, -0.25) is 4.57 Å². The Balaban J connectivity index is 0.000000183. The van der Waals surface area contributed by atoms with Crippen LogP contribution in [0.3, 0.4) is 0 Å². The summed E-state index contributed by atoms with van der Waals surface area (Å²) in [5.41, 5.74) is 4.54. The zero-order chi connectivity index (χ0) is 8.74. The highest BCUT2D eigenvalue weighted by Crippen LogP contribution is 2.30. The molecule has 0 fully saturated rings. The number of nitrogens with zero attached hydrogens (tertiary/aromatic N) is 1. The fourth-order valence-corrected chi connectivity index (χ4v) is 0.215. The van der Waals surface area contributed by atoms with E-state index in [-0.39, 0.29) is 0 Å². The van der Waals surface area contributed by atoms with E-state index < -0.39 is 13.9 Å². The van der Waals surface area contributed by atoms with Gasteiger partial charge in [-0.25, -0.2) is 4.98 Å². The van der Waals surface area contributed by atoms with Crippen molar-refractivity contribution in [1.29, 1.82) is 0 Å². The van der Waals surface area contributed by atoms with Gasteiger partial charge in [0.05, 0.1) is 12.6 Å². The first-order chi connectivity index (χ1) is 5.06. The summed E-state index contributed by atoms with van der Waals surface area (Å²) in [4.78, 5) is 22.0. The summed E-state index contributed by atoms with van der Waals surface area (Å²) >= 11 is 0. The minimum atomic E-state index is -3.87. The van der Waals surface area contributed by atoms with Gasteiger partial charge < -0.3 is 20.5 Å². The molecule has 1 rings (SSSR count). The number of aromatic amines is 1. The molecule has 0 unspecified atom stereocenters. The molecule has 0 aliphatic carbocycles. The average Bonchev–Trinajstić information content (AvgIpc) is 2.41. The van der Waals surface area contributed by atoms with Crippen LogP contribution in [0.5, 0.6) is 0 Å². The zero-order valence-electron chi connectivity index (χ0n) is 5.71. The van der Waals surface area contributed by atoms with Crippen molar-refractivity contribution in [3.63, 3.8) is 0 Å². The lowest BCUT2D eigenvalue weighted by Crippen LogP contribution is -1.97. The van der Waals surface area contributed by atoms with Gasteiger partial charge in [0.15, 0.2) is 0 Å². The van der Waals surface area contributed by atoms with Gasteiger partial charge in [0.2, 0.25) is 0 Å². The Morgan fingerprint density at radius 1 is 1.64 bits per heavy atom. The van der Waals surface area contributed by atoms with Crippen molar-refractivity contribution in [2.24, 2.45) is 5.73 Å². The van der Waals surface area contributed by atoms with Crippen LogP contribution in [-0.4, -0.2) is 26.0 Å². The summed E-state index contributed by atoms with van der Waals surface area (Å²) in [5.74, 6) is 0. The van der Waals surface area contributed by atoms with Gasteiger partial charge in [0.1, 0.15) is 0 Å². The molecule has 0 atom stereocenters. The van der Waals surface area contributed by atoms with E-state index in [0.29, 0.717) is 0 Å². The molecular weight excluding hydrogens is 169 g/mol. The molecule has 1 heterocycles. The molecule has 6 nitrogen and oxygen atoms in total. The van der Waals surface area contributed by atoms with E-state index in [1.807, 2.05) is 0 Å². The highest BCUT2D eigenvalue weighted by atomic mass is 31.2. The van der Waals surface area contributed by atoms with E-state index in [1.54, 1.807) is 18.7 Å². The summed E-state index contributed by atoms with van der Waals surface area (Å²) in [6.45, 7) is 0. The Hall–Kier alpha value is -0.680. The zero-order valence-corrected chi connectivity index (χ0v) is 6.61. The van der Waals surface area contributed by atoms with E-state index in [1.165, 1.54) is 0 Å². The molecule has 0 aromatic carbocycles. The van der Waals surface area contributed by atoms with Crippen LogP contribution in [0.15, 0.2) is 18.7 Å². The predicted octanol–water partition coefficient (Wildman–Crippen LogP) is -0.510. The van der Waals surface area contributed by atoms with Crippen molar-refractivity contribution >= 4 is 7.60 Å². The molecule has 7 heteroatoms. The Bertz CT molecular complexity index is 189. The Morgan fingerprint density at radius 2 is 2.18 bits per heavy atom. The highest BCUT2D eigenvalue weighted by molar-refractivity contribution is 7.51. The fourth-order valence-electron chi connectivity index (χ4n) is 0.215. The van der Waals surface area contributed by atoms with Gasteiger partial charge in [0, 0.05) is 12.4 Å². The van der Waals surface area contributed by atoms with Crippen LogP contribution >= 0.6 is 7.60 Å². The van der Waals surface area contributed by atoms with Gasteiger partial charge in [-0.2, -0.15) is 0 Å². The number of H-pyrrole nitrogens is 1. The molecule has 11 heavy (non-hydrogen) atoms. The van der Waals surface area contributed by atoms with E-state index in [9.17, 15) is 4.57 Å². The second-order valence-corrected chi connectivity index (χ2v) is 3.30. The van der Waals surface area contributed by atoms with Crippen LogP contribution in [0.4, 0.5) is 0 Å². The number of aromatic nitrogens is 2. The fraction of sp³-hybridized carbons (Fsp3) is 0.250. The Morgan fingerprint density at radius 3 is 2.27 bits per heavy atom. The maximum absolute atomic E-state index is 9.57. The molecule has 0 spiro atoms. The van der Waals surface area contributed by atoms with Gasteiger partial charge in [-0.1, -0.05) is 0 Å². The largest absolute Gasteiger partial charge is 0.351 e. The number of imidazole rings is 1. The second kappa shape index (κ2) is 5.03. The topological polar surface area (TPSA) is 112 Å². The molecule has 0 bridgehead atoms. The summed E-state index contributed by atoms with van der Waals surface area (Å²) in [5, 5.41) is 0. The number of rotatable bonds is 1. The molecule has 1 aromatic heterocycles. The smallest absolute Gasteiger partial charge is 0.338 e. The first-order valence-electron chi connectivity index (χ1n) is 2.73. The van der Waals surface area contributed by atoms with Crippen LogP contribution in [-0.2, 0) is 4.57 Å². The molecule has 0 aliphatic rings. The minimum Gasteiger partial charge on any atom is -0.351 e. The third-order valence-electron chi connectivity index (χ3n) is 0.644. The third-order valence-corrected chi connectivity index (χ3v) is 1.12. The number of nitrogens with one attached hydrogen (secondary N) is 1. The van der Waals surface area contributed by atoms with Crippen LogP contribution in [0, 0.1) is 0 Å². The van der Waals surface area contributed by atoms with Crippen LogP contribution in [0.1, 0.15) is 0 Å². The molecular formula is C4H10N3O3P. The van der Waals surface area contributed by atoms with Crippen LogP contribution in [0.25, 0.3) is 0 Å². The second-order valence-electron chi connectivity index (χ2n) is 1.61.